The van der Waals surface area contributed by atoms with Crippen molar-refractivity contribution in [2.75, 3.05) is 25.5 Å². The summed E-state index contributed by atoms with van der Waals surface area (Å²) >= 11 is 1.39. The summed E-state index contributed by atoms with van der Waals surface area (Å²) in [6.07, 6.45) is 2.29. The SMILES string of the molecule is COc1cc2c(cc1NC(=O)C[C@H]1SC(N3CCCC3)=NC1=O)oc1ccccc12. The first-order valence-electron chi connectivity index (χ1n) is 9.95. The predicted molar refractivity (Wildman–Crippen MR) is 118 cm³/mol. The van der Waals surface area contributed by atoms with E-state index in [2.05, 4.69) is 15.2 Å². The third-order valence-electron chi connectivity index (χ3n) is 5.45. The zero-order valence-electron chi connectivity index (χ0n) is 16.5. The lowest BCUT2D eigenvalue weighted by Gasteiger charge is -2.16. The number of amidine groups is 1. The number of rotatable bonds is 4. The van der Waals surface area contributed by atoms with Gasteiger partial charge in [0.25, 0.3) is 5.91 Å². The van der Waals surface area contributed by atoms with Crippen LogP contribution in [0, 0.1) is 0 Å². The van der Waals surface area contributed by atoms with Gasteiger partial charge in [0.2, 0.25) is 5.91 Å². The molecular weight excluding hydrogens is 402 g/mol. The van der Waals surface area contributed by atoms with E-state index < -0.39 is 5.25 Å². The molecule has 7 nitrogen and oxygen atoms in total. The Hall–Kier alpha value is -3.00. The van der Waals surface area contributed by atoms with Crippen LogP contribution in [0.2, 0.25) is 0 Å². The summed E-state index contributed by atoms with van der Waals surface area (Å²) in [6, 6.07) is 11.4. The Morgan fingerprint density at radius 2 is 2.03 bits per heavy atom. The van der Waals surface area contributed by atoms with Crippen molar-refractivity contribution in [2.45, 2.75) is 24.5 Å². The number of carbonyl (C=O) groups is 2. The topological polar surface area (TPSA) is 84.1 Å². The third-order valence-corrected chi connectivity index (χ3v) is 6.66. The lowest BCUT2D eigenvalue weighted by Crippen LogP contribution is -2.25. The number of fused-ring (bicyclic) bond motifs is 3. The Morgan fingerprint density at radius 1 is 1.23 bits per heavy atom. The Bertz CT molecular complexity index is 1180. The molecule has 1 saturated heterocycles. The van der Waals surface area contributed by atoms with Crippen LogP contribution in [0.4, 0.5) is 5.69 Å². The summed E-state index contributed by atoms with van der Waals surface area (Å²) in [5.41, 5.74) is 1.96. The minimum absolute atomic E-state index is 0.0612. The second-order valence-corrected chi connectivity index (χ2v) is 8.60. The molecule has 2 amide bonds. The smallest absolute Gasteiger partial charge is 0.262 e. The number of ether oxygens (including phenoxy) is 1. The number of nitrogens with one attached hydrogen (secondary N) is 1. The Morgan fingerprint density at radius 3 is 2.83 bits per heavy atom. The molecule has 3 aromatic rings. The highest BCUT2D eigenvalue weighted by atomic mass is 32.2. The standard InChI is InChI=1S/C22H21N3O4S/c1-28-18-10-14-13-6-2-3-7-16(13)29-17(14)11-15(18)23-20(26)12-19-21(27)24-22(30-19)25-8-4-5-9-25/h2-3,6-7,10-11,19H,4-5,8-9,12H2,1H3,(H,23,26)/t19-/m1/s1. The summed E-state index contributed by atoms with van der Waals surface area (Å²) in [7, 11) is 1.56. The fourth-order valence-electron chi connectivity index (χ4n) is 3.94. The van der Waals surface area contributed by atoms with Gasteiger partial charge in [-0.15, -0.1) is 0 Å². The van der Waals surface area contributed by atoms with Crippen molar-refractivity contribution in [2.24, 2.45) is 4.99 Å². The molecule has 8 heteroatoms. The fraction of sp³-hybridized carbons (Fsp3) is 0.318. The van der Waals surface area contributed by atoms with Gasteiger partial charge in [0.05, 0.1) is 12.8 Å². The highest BCUT2D eigenvalue weighted by Crippen LogP contribution is 2.37. The zero-order chi connectivity index (χ0) is 20.7. The highest BCUT2D eigenvalue weighted by molar-refractivity contribution is 8.15. The van der Waals surface area contributed by atoms with E-state index in [1.54, 1.807) is 13.2 Å². The molecule has 1 fully saturated rings. The quantitative estimate of drug-likeness (QED) is 0.682. The summed E-state index contributed by atoms with van der Waals surface area (Å²) in [6.45, 7) is 1.85. The van der Waals surface area contributed by atoms with Gasteiger partial charge in [0.1, 0.15) is 22.2 Å². The van der Waals surface area contributed by atoms with Crippen molar-refractivity contribution in [3.63, 3.8) is 0 Å². The molecule has 1 aromatic heterocycles. The number of anilines is 1. The summed E-state index contributed by atoms with van der Waals surface area (Å²) in [5, 5.41) is 5.05. The second-order valence-electron chi connectivity index (χ2n) is 7.43. The van der Waals surface area contributed by atoms with Crippen LogP contribution in [0.5, 0.6) is 5.75 Å². The number of nitrogens with zero attached hydrogens (tertiary/aromatic N) is 2. The van der Waals surface area contributed by atoms with Gasteiger partial charge in [-0.1, -0.05) is 30.0 Å². The van der Waals surface area contributed by atoms with Gasteiger partial charge in [-0.25, -0.2) is 0 Å². The van der Waals surface area contributed by atoms with Crippen molar-refractivity contribution in [3.8, 4) is 5.75 Å². The minimum Gasteiger partial charge on any atom is -0.495 e. The molecule has 0 radical (unpaired) electrons. The van der Waals surface area contributed by atoms with Gasteiger partial charge in [-0.3, -0.25) is 9.59 Å². The van der Waals surface area contributed by atoms with Crippen molar-refractivity contribution in [3.05, 3.63) is 36.4 Å². The van der Waals surface area contributed by atoms with Crippen molar-refractivity contribution in [1.29, 1.82) is 0 Å². The maximum Gasteiger partial charge on any atom is 0.262 e. The average molecular weight is 423 g/mol. The molecule has 0 aliphatic carbocycles. The first kappa shape index (κ1) is 19.0. The van der Waals surface area contributed by atoms with E-state index in [0.717, 1.165) is 47.5 Å². The molecule has 154 valence electrons. The number of carbonyl (C=O) groups excluding carboxylic acids is 2. The second kappa shape index (κ2) is 7.68. The van der Waals surface area contributed by atoms with Crippen LogP contribution in [-0.2, 0) is 9.59 Å². The number of likely N-dealkylation sites (tertiary alicyclic amines) is 1. The molecule has 5 rings (SSSR count). The van der Waals surface area contributed by atoms with Gasteiger partial charge in [0.15, 0.2) is 5.17 Å². The van der Waals surface area contributed by atoms with Gasteiger partial charge in [-0.05, 0) is 25.0 Å². The molecule has 2 aromatic carbocycles. The number of amides is 2. The fourth-order valence-corrected chi connectivity index (χ4v) is 5.06. The predicted octanol–water partition coefficient (Wildman–Crippen LogP) is 4.02. The van der Waals surface area contributed by atoms with E-state index in [1.807, 2.05) is 30.3 Å². The lowest BCUT2D eigenvalue weighted by molar-refractivity contribution is -0.121. The molecule has 2 aliphatic rings. The van der Waals surface area contributed by atoms with Crippen LogP contribution in [0.3, 0.4) is 0 Å². The molecule has 3 heterocycles. The number of para-hydroxylation sites is 1. The summed E-state index contributed by atoms with van der Waals surface area (Å²) in [4.78, 5) is 31.2. The molecule has 30 heavy (non-hydrogen) atoms. The Labute approximate surface area is 177 Å². The molecule has 0 bridgehead atoms. The maximum atomic E-state index is 12.7. The van der Waals surface area contributed by atoms with Gasteiger partial charge >= 0.3 is 0 Å². The molecule has 0 unspecified atom stereocenters. The van der Waals surface area contributed by atoms with Crippen LogP contribution in [0.1, 0.15) is 19.3 Å². The highest BCUT2D eigenvalue weighted by Gasteiger charge is 2.34. The monoisotopic (exact) mass is 423 g/mol. The summed E-state index contributed by atoms with van der Waals surface area (Å²) < 4.78 is 11.4. The number of benzene rings is 2. The third kappa shape index (κ3) is 3.41. The van der Waals surface area contributed by atoms with E-state index in [9.17, 15) is 9.59 Å². The largest absolute Gasteiger partial charge is 0.495 e. The Kier molecular flexibility index (Phi) is 4.86. The average Bonchev–Trinajstić information content (AvgIpc) is 3.46. The van der Waals surface area contributed by atoms with Crippen molar-refractivity contribution >= 4 is 56.4 Å². The van der Waals surface area contributed by atoms with E-state index in [-0.39, 0.29) is 18.2 Å². The molecule has 0 saturated carbocycles. The normalized spacial score (nSPS) is 19.0. The molecule has 1 N–H and O–H groups in total. The number of furan rings is 1. The molecule has 0 spiro atoms. The van der Waals surface area contributed by atoms with Gasteiger partial charge < -0.3 is 19.4 Å². The lowest BCUT2D eigenvalue weighted by atomic mass is 10.1. The molecule has 2 aliphatic heterocycles. The molecular formula is C22H21N3O4S. The number of thioether (sulfide) groups is 1. The molecule has 1 atom stereocenters. The van der Waals surface area contributed by atoms with E-state index >= 15 is 0 Å². The number of methoxy groups -OCH3 is 1. The zero-order valence-corrected chi connectivity index (χ0v) is 17.3. The minimum atomic E-state index is -0.485. The van der Waals surface area contributed by atoms with Crippen LogP contribution in [-0.4, -0.2) is 47.3 Å². The van der Waals surface area contributed by atoms with E-state index in [1.165, 1.54) is 11.8 Å². The van der Waals surface area contributed by atoms with Crippen LogP contribution < -0.4 is 10.1 Å². The maximum absolute atomic E-state index is 12.7. The van der Waals surface area contributed by atoms with Crippen molar-refractivity contribution in [1.82, 2.24) is 4.90 Å². The Balaban J connectivity index is 1.33. The summed E-state index contributed by atoms with van der Waals surface area (Å²) in [5.74, 6) is 0.0473. The van der Waals surface area contributed by atoms with Crippen LogP contribution in [0.15, 0.2) is 45.8 Å². The van der Waals surface area contributed by atoms with Crippen LogP contribution >= 0.6 is 11.8 Å². The van der Waals surface area contributed by atoms with E-state index in [4.69, 9.17) is 9.15 Å². The van der Waals surface area contributed by atoms with Crippen molar-refractivity contribution < 1.29 is 18.7 Å². The number of hydrogen-bond donors (Lipinski definition) is 1. The van der Waals surface area contributed by atoms with Gasteiger partial charge in [0, 0.05) is 36.3 Å². The first-order valence-corrected chi connectivity index (χ1v) is 10.8. The first-order chi connectivity index (χ1) is 14.6. The number of aliphatic imine (C=N–C) groups is 1. The van der Waals surface area contributed by atoms with Crippen LogP contribution in [0.25, 0.3) is 21.9 Å². The van der Waals surface area contributed by atoms with Gasteiger partial charge in [-0.2, -0.15) is 4.99 Å². The van der Waals surface area contributed by atoms with E-state index in [0.29, 0.717) is 17.0 Å². The number of hydrogen-bond acceptors (Lipinski definition) is 6.